The molecule has 1 N–H and O–H groups in total. The summed E-state index contributed by atoms with van der Waals surface area (Å²) >= 11 is 0. The molecular formula is C18H16FN3O. The first-order chi connectivity index (χ1) is 11.1. The quantitative estimate of drug-likeness (QED) is 0.800. The SMILES string of the molecule is Cc1cccc(C(=O)Nc2cnn(Cc3ccc(F)cc3)c2)c1. The van der Waals surface area contributed by atoms with Gasteiger partial charge in [0.05, 0.1) is 18.4 Å². The van der Waals surface area contributed by atoms with Gasteiger partial charge in [0.15, 0.2) is 0 Å². The minimum absolute atomic E-state index is 0.171. The van der Waals surface area contributed by atoms with Gasteiger partial charge in [-0.05, 0) is 36.8 Å². The van der Waals surface area contributed by atoms with E-state index in [2.05, 4.69) is 10.4 Å². The Bertz CT molecular complexity index is 824. The number of anilines is 1. The summed E-state index contributed by atoms with van der Waals surface area (Å²) in [5.74, 6) is -0.435. The number of hydrogen-bond donors (Lipinski definition) is 1. The van der Waals surface area contributed by atoms with E-state index in [1.165, 1.54) is 12.1 Å². The van der Waals surface area contributed by atoms with Crippen LogP contribution in [0.5, 0.6) is 0 Å². The molecule has 2 aromatic carbocycles. The number of amides is 1. The van der Waals surface area contributed by atoms with Gasteiger partial charge in [0.1, 0.15) is 5.82 Å². The predicted molar refractivity (Wildman–Crippen MR) is 86.9 cm³/mol. The van der Waals surface area contributed by atoms with Crippen molar-refractivity contribution in [2.24, 2.45) is 0 Å². The van der Waals surface area contributed by atoms with E-state index in [1.54, 1.807) is 35.3 Å². The Morgan fingerprint density at radius 2 is 2.00 bits per heavy atom. The summed E-state index contributed by atoms with van der Waals surface area (Å²) in [4.78, 5) is 12.2. The maximum absolute atomic E-state index is 12.9. The predicted octanol–water partition coefficient (Wildman–Crippen LogP) is 3.63. The fraction of sp³-hybridized carbons (Fsp3) is 0.111. The maximum atomic E-state index is 12.9. The van der Waals surface area contributed by atoms with Crippen LogP contribution in [-0.4, -0.2) is 15.7 Å². The van der Waals surface area contributed by atoms with E-state index in [0.717, 1.165) is 11.1 Å². The third kappa shape index (κ3) is 3.83. The van der Waals surface area contributed by atoms with Crippen LogP contribution in [0.25, 0.3) is 0 Å². The van der Waals surface area contributed by atoms with Crippen LogP contribution < -0.4 is 5.32 Å². The van der Waals surface area contributed by atoms with Gasteiger partial charge in [0.25, 0.3) is 5.91 Å². The Kier molecular flexibility index (Phi) is 4.19. The molecule has 0 saturated carbocycles. The largest absolute Gasteiger partial charge is 0.319 e. The first kappa shape index (κ1) is 15.0. The number of carbonyl (C=O) groups excluding carboxylic acids is 1. The molecule has 4 nitrogen and oxygen atoms in total. The van der Waals surface area contributed by atoms with Crippen molar-refractivity contribution in [3.8, 4) is 0 Å². The normalized spacial score (nSPS) is 10.5. The highest BCUT2D eigenvalue weighted by Crippen LogP contribution is 2.11. The molecule has 0 aliphatic heterocycles. The average Bonchev–Trinajstić information content (AvgIpc) is 2.96. The molecule has 0 saturated heterocycles. The van der Waals surface area contributed by atoms with Crippen LogP contribution in [0, 0.1) is 12.7 Å². The number of nitrogens with zero attached hydrogens (tertiary/aromatic N) is 2. The highest BCUT2D eigenvalue weighted by molar-refractivity contribution is 6.04. The Balaban J connectivity index is 1.67. The molecule has 23 heavy (non-hydrogen) atoms. The second-order valence-electron chi connectivity index (χ2n) is 5.38. The van der Waals surface area contributed by atoms with Crippen LogP contribution in [0.3, 0.4) is 0 Å². The number of nitrogens with one attached hydrogen (secondary N) is 1. The first-order valence-corrected chi connectivity index (χ1v) is 7.25. The lowest BCUT2D eigenvalue weighted by Crippen LogP contribution is -2.11. The summed E-state index contributed by atoms with van der Waals surface area (Å²) in [5.41, 5.74) is 3.20. The van der Waals surface area contributed by atoms with E-state index < -0.39 is 0 Å². The molecule has 3 rings (SSSR count). The van der Waals surface area contributed by atoms with Crippen molar-refractivity contribution in [2.75, 3.05) is 5.32 Å². The summed E-state index contributed by atoms with van der Waals surface area (Å²) in [5, 5.41) is 7.02. The molecule has 5 heteroatoms. The summed E-state index contributed by atoms with van der Waals surface area (Å²) in [6.45, 7) is 2.46. The molecule has 0 bridgehead atoms. The molecule has 3 aromatic rings. The van der Waals surface area contributed by atoms with Crippen molar-refractivity contribution in [3.63, 3.8) is 0 Å². The molecule has 0 fully saturated rings. The van der Waals surface area contributed by atoms with E-state index in [9.17, 15) is 9.18 Å². The Hall–Kier alpha value is -2.95. The smallest absolute Gasteiger partial charge is 0.255 e. The summed E-state index contributed by atoms with van der Waals surface area (Å²) < 4.78 is 14.6. The topological polar surface area (TPSA) is 46.9 Å². The van der Waals surface area contributed by atoms with E-state index in [0.29, 0.717) is 17.8 Å². The summed E-state index contributed by atoms with van der Waals surface area (Å²) in [6, 6.07) is 13.6. The average molecular weight is 309 g/mol. The number of aryl methyl sites for hydroxylation is 1. The number of aromatic nitrogens is 2. The monoisotopic (exact) mass is 309 g/mol. The third-order valence-electron chi connectivity index (χ3n) is 3.43. The van der Waals surface area contributed by atoms with Crippen LogP contribution in [0.2, 0.25) is 0 Å². The summed E-state index contributed by atoms with van der Waals surface area (Å²) in [6.07, 6.45) is 3.34. The van der Waals surface area contributed by atoms with E-state index in [4.69, 9.17) is 0 Å². The van der Waals surface area contributed by atoms with Gasteiger partial charge in [0, 0.05) is 11.8 Å². The fourth-order valence-corrected chi connectivity index (χ4v) is 2.28. The summed E-state index contributed by atoms with van der Waals surface area (Å²) in [7, 11) is 0. The lowest BCUT2D eigenvalue weighted by atomic mass is 10.1. The van der Waals surface area contributed by atoms with Crippen LogP contribution in [-0.2, 0) is 6.54 Å². The Morgan fingerprint density at radius 1 is 1.22 bits per heavy atom. The lowest BCUT2D eigenvalue weighted by molar-refractivity contribution is 0.102. The van der Waals surface area contributed by atoms with Crippen molar-refractivity contribution < 1.29 is 9.18 Å². The third-order valence-corrected chi connectivity index (χ3v) is 3.43. The zero-order valence-corrected chi connectivity index (χ0v) is 12.7. The van der Waals surface area contributed by atoms with Gasteiger partial charge in [-0.2, -0.15) is 5.10 Å². The van der Waals surface area contributed by atoms with E-state index in [-0.39, 0.29) is 11.7 Å². The van der Waals surface area contributed by atoms with Gasteiger partial charge in [-0.3, -0.25) is 9.48 Å². The zero-order valence-electron chi connectivity index (χ0n) is 12.7. The van der Waals surface area contributed by atoms with E-state index in [1.807, 2.05) is 25.1 Å². The molecule has 0 radical (unpaired) electrons. The molecule has 1 aromatic heterocycles. The number of rotatable bonds is 4. The van der Waals surface area contributed by atoms with Gasteiger partial charge in [-0.15, -0.1) is 0 Å². The van der Waals surface area contributed by atoms with Gasteiger partial charge < -0.3 is 5.32 Å². The van der Waals surface area contributed by atoms with Crippen molar-refractivity contribution in [3.05, 3.63) is 83.4 Å². The van der Waals surface area contributed by atoms with Crippen LogP contribution in [0.4, 0.5) is 10.1 Å². The molecule has 116 valence electrons. The van der Waals surface area contributed by atoms with Crippen LogP contribution in [0.15, 0.2) is 60.9 Å². The second kappa shape index (κ2) is 6.44. The highest BCUT2D eigenvalue weighted by atomic mass is 19.1. The van der Waals surface area contributed by atoms with Gasteiger partial charge in [-0.25, -0.2) is 4.39 Å². The van der Waals surface area contributed by atoms with Crippen LogP contribution >= 0.6 is 0 Å². The lowest BCUT2D eigenvalue weighted by Gasteiger charge is -2.03. The maximum Gasteiger partial charge on any atom is 0.255 e. The second-order valence-corrected chi connectivity index (χ2v) is 5.38. The Morgan fingerprint density at radius 3 is 2.74 bits per heavy atom. The number of halogens is 1. The molecule has 1 amide bonds. The van der Waals surface area contributed by atoms with E-state index >= 15 is 0 Å². The molecule has 1 heterocycles. The van der Waals surface area contributed by atoms with Crippen molar-refractivity contribution in [1.29, 1.82) is 0 Å². The number of carbonyl (C=O) groups is 1. The molecule has 0 atom stereocenters. The zero-order chi connectivity index (χ0) is 16.2. The molecule has 0 unspecified atom stereocenters. The standard InChI is InChI=1S/C18H16FN3O/c1-13-3-2-4-15(9-13)18(23)21-17-10-20-22(12-17)11-14-5-7-16(19)8-6-14/h2-10,12H,11H2,1H3,(H,21,23). The van der Waals surface area contributed by atoms with Crippen molar-refractivity contribution >= 4 is 11.6 Å². The Labute approximate surface area is 133 Å². The molecule has 0 spiro atoms. The van der Waals surface area contributed by atoms with Gasteiger partial charge >= 0.3 is 0 Å². The minimum Gasteiger partial charge on any atom is -0.319 e. The van der Waals surface area contributed by atoms with Crippen molar-refractivity contribution in [2.45, 2.75) is 13.5 Å². The molecule has 0 aliphatic carbocycles. The fourth-order valence-electron chi connectivity index (χ4n) is 2.28. The molecular weight excluding hydrogens is 293 g/mol. The number of benzene rings is 2. The first-order valence-electron chi connectivity index (χ1n) is 7.25. The highest BCUT2D eigenvalue weighted by Gasteiger charge is 2.08. The van der Waals surface area contributed by atoms with Crippen LogP contribution in [0.1, 0.15) is 21.5 Å². The number of hydrogen-bond acceptors (Lipinski definition) is 2. The van der Waals surface area contributed by atoms with Gasteiger partial charge in [-0.1, -0.05) is 29.8 Å². The van der Waals surface area contributed by atoms with Crippen molar-refractivity contribution in [1.82, 2.24) is 9.78 Å². The van der Waals surface area contributed by atoms with Gasteiger partial charge in [0.2, 0.25) is 0 Å². The minimum atomic E-state index is -0.264. The molecule has 0 aliphatic rings.